The summed E-state index contributed by atoms with van der Waals surface area (Å²) in [7, 11) is -7.72. The zero-order valence-corrected chi connectivity index (χ0v) is 47.0. The van der Waals surface area contributed by atoms with Gasteiger partial charge < -0.3 is 29.5 Å². The van der Waals surface area contributed by atoms with Gasteiger partial charge in [-0.3, -0.25) is 9.59 Å². The first-order chi connectivity index (χ1) is 37.4. The molecule has 0 aromatic heterocycles. The van der Waals surface area contributed by atoms with E-state index >= 15 is 0 Å². The highest BCUT2D eigenvalue weighted by Gasteiger charge is 2.46. The van der Waals surface area contributed by atoms with Crippen molar-refractivity contribution in [3.05, 3.63) is 141 Å². The van der Waals surface area contributed by atoms with Crippen molar-refractivity contribution in [2.45, 2.75) is 113 Å². The van der Waals surface area contributed by atoms with Gasteiger partial charge in [-0.2, -0.15) is 0 Å². The molecule has 2 fully saturated rings. The van der Waals surface area contributed by atoms with E-state index in [9.17, 15) is 36.6 Å². The number of aryl methyl sites for hydroxylation is 2. The number of ether oxygens (including phenoxy) is 2. The molecule has 4 aliphatic heterocycles. The predicted molar refractivity (Wildman–Crippen MR) is 304 cm³/mol. The second-order valence-corrected chi connectivity index (χ2v) is 27.8. The van der Waals surface area contributed by atoms with Gasteiger partial charge in [0.05, 0.1) is 48.3 Å². The number of sulfonamides is 2. The standard InChI is InChI=1S/2C30H35ClN2O5S/c2*31-24-9-10-26-21(14-24)4-3-12-30(26)18-33-17-23-7-6-20(23)15-25(34)5-1-2-13-39(36,37)32-29(35)22-8-11-28(38-19-30)27(33)16-22/h2*1-2,8-11,14,16,20,23,25,34H,3-7,12-13,15,17-19H2,(H,32,35)/b2*2-1-/t20-,23-,25+,30-;20-,23-,25-,30-/m00/s1. The van der Waals surface area contributed by atoms with E-state index in [0.717, 1.165) is 112 Å². The summed E-state index contributed by atoms with van der Waals surface area (Å²) in [4.78, 5) is 30.8. The summed E-state index contributed by atoms with van der Waals surface area (Å²) < 4.78 is 67.6. The van der Waals surface area contributed by atoms with Gasteiger partial charge in [0.2, 0.25) is 20.0 Å². The van der Waals surface area contributed by atoms with Crippen LogP contribution < -0.4 is 28.7 Å². The number of nitrogens with one attached hydrogen (secondary N) is 2. The fourth-order valence-electron chi connectivity index (χ4n) is 13.7. The molecule has 4 aromatic rings. The molecule has 4 bridgehead atoms. The largest absolute Gasteiger partial charge is 0.490 e. The fraction of sp³-hybridized carbons (Fsp3) is 0.500. The number of carbonyl (C=O) groups excluding carboxylic acids is 2. The Morgan fingerprint density at radius 3 is 1.38 bits per heavy atom. The van der Waals surface area contributed by atoms with Crippen LogP contribution in [0.4, 0.5) is 11.4 Å². The van der Waals surface area contributed by atoms with Gasteiger partial charge in [0.1, 0.15) is 11.5 Å². The molecule has 14 nitrogen and oxygen atoms in total. The maximum atomic E-state index is 13.0. The van der Waals surface area contributed by atoms with Crippen molar-refractivity contribution in [3.63, 3.8) is 0 Å². The van der Waals surface area contributed by atoms with Crippen LogP contribution in [0.5, 0.6) is 11.5 Å². The smallest absolute Gasteiger partial charge is 0.264 e. The lowest BCUT2D eigenvalue weighted by Gasteiger charge is -2.45. The quantitative estimate of drug-likeness (QED) is 0.122. The second kappa shape index (κ2) is 22.4. The number of anilines is 2. The van der Waals surface area contributed by atoms with Crippen LogP contribution in [-0.4, -0.2) is 102 Å². The Kier molecular flexibility index (Phi) is 15.8. The first-order valence-corrected chi connectivity index (χ1v) is 31.9. The Balaban J connectivity index is 0.000000165. The van der Waals surface area contributed by atoms with E-state index in [4.69, 9.17) is 32.7 Å². The third-order valence-corrected chi connectivity index (χ3v) is 20.8. The number of aliphatic hydroxyl groups is 2. The minimum Gasteiger partial charge on any atom is -0.490 e. The molecule has 2 saturated carbocycles. The van der Waals surface area contributed by atoms with Crippen LogP contribution in [0.15, 0.2) is 97.1 Å². The highest BCUT2D eigenvalue weighted by Crippen LogP contribution is 2.49. The van der Waals surface area contributed by atoms with Crippen molar-refractivity contribution in [2.75, 3.05) is 60.7 Å². The molecular formula is C60H70Cl2N4O10S2. The molecule has 8 atom stereocenters. The van der Waals surface area contributed by atoms with Crippen molar-refractivity contribution >= 4 is 66.4 Å². The summed E-state index contributed by atoms with van der Waals surface area (Å²) in [6, 6.07) is 22.8. The number of nitrogens with zero attached hydrogens (tertiary/aromatic N) is 2. The molecule has 12 rings (SSSR count). The van der Waals surface area contributed by atoms with Gasteiger partial charge in [-0.05, 0) is 196 Å². The molecule has 78 heavy (non-hydrogen) atoms. The molecule has 4 heterocycles. The first-order valence-electron chi connectivity index (χ1n) is 27.8. The molecule has 4 aromatic carbocycles. The van der Waals surface area contributed by atoms with Crippen LogP contribution in [-0.2, 0) is 43.7 Å². The molecule has 8 aliphatic rings. The molecule has 4 aliphatic carbocycles. The summed E-state index contributed by atoms with van der Waals surface area (Å²) in [6.45, 7) is 4.07. The van der Waals surface area contributed by atoms with E-state index in [0.29, 0.717) is 74.1 Å². The Morgan fingerprint density at radius 1 is 0.551 bits per heavy atom. The lowest BCUT2D eigenvalue weighted by molar-refractivity contribution is 0.0799. The molecule has 0 radical (unpaired) electrons. The van der Waals surface area contributed by atoms with Gasteiger partial charge in [0.25, 0.3) is 11.8 Å². The number of rotatable bonds is 0. The summed E-state index contributed by atoms with van der Waals surface area (Å²) in [5.41, 5.74) is 6.82. The molecule has 18 heteroatoms. The molecule has 2 amide bonds. The lowest BCUT2D eigenvalue weighted by atomic mass is 9.68. The number of aliphatic hydroxyl groups excluding tert-OH is 2. The summed E-state index contributed by atoms with van der Waals surface area (Å²) in [5.74, 6) is 1.10. The van der Waals surface area contributed by atoms with Gasteiger partial charge in [-0.25, -0.2) is 26.3 Å². The van der Waals surface area contributed by atoms with Crippen molar-refractivity contribution in [1.29, 1.82) is 0 Å². The lowest BCUT2D eigenvalue weighted by Crippen LogP contribution is -2.48. The molecule has 4 N–H and O–H groups in total. The highest BCUT2D eigenvalue weighted by atomic mass is 35.5. The summed E-state index contributed by atoms with van der Waals surface area (Å²) >= 11 is 12.7. The predicted octanol–water partition coefficient (Wildman–Crippen LogP) is 9.22. The number of carbonyl (C=O) groups is 2. The van der Waals surface area contributed by atoms with Gasteiger partial charge >= 0.3 is 0 Å². The van der Waals surface area contributed by atoms with E-state index < -0.39 is 44.1 Å². The number of amides is 2. The number of hydrogen-bond donors (Lipinski definition) is 4. The van der Waals surface area contributed by atoms with E-state index in [1.807, 2.05) is 12.1 Å². The zero-order chi connectivity index (χ0) is 54.4. The van der Waals surface area contributed by atoms with Crippen LogP contribution >= 0.6 is 23.2 Å². The molecule has 416 valence electrons. The minimum atomic E-state index is -3.86. The van der Waals surface area contributed by atoms with Gasteiger partial charge in [-0.15, -0.1) is 0 Å². The van der Waals surface area contributed by atoms with Crippen LogP contribution in [0.25, 0.3) is 0 Å². The summed E-state index contributed by atoms with van der Waals surface area (Å²) in [5, 5.41) is 22.8. The van der Waals surface area contributed by atoms with Crippen molar-refractivity contribution in [1.82, 2.24) is 9.44 Å². The van der Waals surface area contributed by atoms with E-state index in [1.54, 1.807) is 48.6 Å². The number of fused-ring (bicyclic) bond motifs is 8. The van der Waals surface area contributed by atoms with Crippen LogP contribution in [0.1, 0.15) is 120 Å². The average Bonchev–Trinajstić information content (AvgIpc) is 3.81. The minimum absolute atomic E-state index is 0.229. The number of halogens is 2. The topological polar surface area (TPSA) is 192 Å². The third-order valence-electron chi connectivity index (χ3n) is 18.1. The van der Waals surface area contributed by atoms with Crippen molar-refractivity contribution in [3.8, 4) is 11.5 Å². The maximum Gasteiger partial charge on any atom is 0.264 e. The van der Waals surface area contributed by atoms with Gasteiger partial charge in [0, 0.05) is 58.2 Å². The Labute approximate surface area is 468 Å². The zero-order valence-electron chi connectivity index (χ0n) is 43.9. The van der Waals surface area contributed by atoms with Crippen molar-refractivity contribution in [2.24, 2.45) is 23.7 Å². The summed E-state index contributed by atoms with van der Waals surface area (Å²) in [6.07, 6.45) is 17.9. The van der Waals surface area contributed by atoms with E-state index in [1.165, 1.54) is 34.4 Å². The average molecular weight is 1140 g/mol. The van der Waals surface area contributed by atoms with E-state index in [2.05, 4.69) is 43.5 Å². The first kappa shape index (κ1) is 54.8. The Bertz CT molecular complexity index is 3030. The number of benzene rings is 4. The molecule has 0 unspecified atom stereocenters. The number of hydrogen-bond acceptors (Lipinski definition) is 12. The van der Waals surface area contributed by atoms with E-state index in [-0.39, 0.29) is 33.5 Å². The van der Waals surface area contributed by atoms with Crippen molar-refractivity contribution < 1.29 is 46.1 Å². The highest BCUT2D eigenvalue weighted by molar-refractivity contribution is 7.90. The van der Waals surface area contributed by atoms with Crippen LogP contribution in [0.2, 0.25) is 10.0 Å². The normalized spacial score (nSPS) is 31.1. The third kappa shape index (κ3) is 11.9. The Morgan fingerprint density at radius 2 is 0.974 bits per heavy atom. The fourth-order valence-corrected chi connectivity index (χ4v) is 15.9. The van der Waals surface area contributed by atoms with Gasteiger partial charge in [-0.1, -0.05) is 59.6 Å². The van der Waals surface area contributed by atoms with Crippen LogP contribution in [0, 0.1) is 23.7 Å². The SMILES string of the molecule is O=C1NS(=O)(=O)C/C=C\C[C@@H](O)C[C@@H]2CC[C@H]2CN2C[C@@]3(CCCc4cc(Cl)ccc43)COc3ccc1cc32.O=C1NS(=O)(=O)C/C=C\C[C@H](O)C[C@@H]2CC[C@H]2CN2C[C@@]3(CCCc4cc(Cl)ccc43)COc3ccc1cc32. The second-order valence-electron chi connectivity index (χ2n) is 23.4. The van der Waals surface area contributed by atoms with Crippen LogP contribution in [0.3, 0.4) is 0 Å². The molecule has 2 spiro atoms. The monoisotopic (exact) mass is 1140 g/mol. The molecule has 0 saturated heterocycles. The Hall–Kier alpha value is -5.10. The molecular weight excluding hydrogens is 1070 g/mol. The van der Waals surface area contributed by atoms with Gasteiger partial charge in [0.15, 0.2) is 0 Å². The maximum absolute atomic E-state index is 13.0.